The number of hydrogen-bond donors (Lipinski definition) is 5. The first-order valence-corrected chi connectivity index (χ1v) is 8.09. The highest BCUT2D eigenvalue weighted by Crippen LogP contribution is 2.43. The number of alkyl halides is 1. The van der Waals surface area contributed by atoms with Crippen LogP contribution in [0.2, 0.25) is 5.02 Å². The van der Waals surface area contributed by atoms with Gasteiger partial charge in [0.05, 0.1) is 6.39 Å². The van der Waals surface area contributed by atoms with Crippen molar-refractivity contribution in [1.29, 1.82) is 0 Å². The van der Waals surface area contributed by atoms with Crippen LogP contribution in [0, 0.1) is 4.64 Å². The van der Waals surface area contributed by atoms with Crippen LogP contribution in [0.5, 0.6) is 0 Å². The van der Waals surface area contributed by atoms with E-state index in [2.05, 4.69) is 9.26 Å². The molecule has 14 heteroatoms. The summed E-state index contributed by atoms with van der Waals surface area (Å²) in [6, 6.07) is 0. The number of aliphatic hydroxyl groups is 2. The minimum atomic E-state index is -5.13. The van der Waals surface area contributed by atoms with Gasteiger partial charge >= 0.3 is 13.5 Å². The van der Waals surface area contributed by atoms with Crippen molar-refractivity contribution in [2.24, 2.45) is 0 Å². The third kappa shape index (κ3) is 3.87. The number of aromatic nitrogens is 2. The van der Waals surface area contributed by atoms with E-state index in [1.165, 1.54) is 0 Å². The summed E-state index contributed by atoms with van der Waals surface area (Å²) in [5.74, 6) is -3.39. The fourth-order valence-electron chi connectivity index (χ4n) is 1.76. The number of rotatable bonds is 4. The number of hydrogen-bond acceptors (Lipinski definition) is 7. The molecule has 23 heavy (non-hydrogen) atoms. The number of nitrogens with zero attached hydrogens (tertiary/aromatic N) is 1. The molecule has 1 aliphatic heterocycles. The largest absolute Gasteiger partial charge is 0.469 e. The van der Waals surface area contributed by atoms with E-state index < -0.39 is 44.4 Å². The molecule has 1 aromatic heterocycles. The predicted molar refractivity (Wildman–Crippen MR) is 74.9 cm³/mol. The fraction of sp³-hybridized carbons (Fsp3) is 0.556. The van der Waals surface area contributed by atoms with E-state index in [4.69, 9.17) is 35.0 Å². The number of phosphoric ester groups is 1. The van der Waals surface area contributed by atoms with E-state index >= 15 is 0 Å². The topological polar surface area (TPSA) is 154 Å². The second-order valence-electron chi connectivity index (χ2n) is 4.49. The van der Waals surface area contributed by atoms with Gasteiger partial charge in [-0.05, 0) is 0 Å². The lowest BCUT2D eigenvalue weighted by Crippen LogP contribution is -2.42. The van der Waals surface area contributed by atoms with E-state index in [0.29, 0.717) is 4.57 Å². The number of aliphatic hydroxyl groups excluding tert-OH is 2. The number of aromatic amines is 1. The van der Waals surface area contributed by atoms with Crippen molar-refractivity contribution in [1.82, 2.24) is 9.55 Å². The van der Waals surface area contributed by atoms with Gasteiger partial charge < -0.3 is 24.7 Å². The first kappa shape index (κ1) is 17.1. The molecule has 0 saturated carbocycles. The molecule has 0 unspecified atom stereocenters. The molecule has 0 radical (unpaired) electrons. The summed E-state index contributed by atoms with van der Waals surface area (Å²) in [5, 5.41) is 19.4. The van der Waals surface area contributed by atoms with E-state index in [9.17, 15) is 24.0 Å². The number of phosphoric acid groups is 1. The van der Waals surface area contributed by atoms with Gasteiger partial charge in [-0.1, -0.05) is 23.8 Å². The normalized spacial score (nSPS) is 35.3. The van der Waals surface area contributed by atoms with Crippen LogP contribution in [0.25, 0.3) is 0 Å². The Hall–Kier alpha value is -0.690. The molecule has 0 amide bonds. The monoisotopic (exact) mass is 393 g/mol. The minimum Gasteiger partial charge on any atom is -0.385 e. The Bertz CT molecular complexity index is 817. The maximum atomic E-state index is 14.6. The van der Waals surface area contributed by atoms with Crippen LogP contribution >= 0.6 is 31.6 Å². The summed E-state index contributed by atoms with van der Waals surface area (Å²) in [5.41, 5.74) is -1.11. The number of nitrogens with one attached hydrogen (secondary N) is 1. The van der Waals surface area contributed by atoms with Crippen LogP contribution in [0.4, 0.5) is 4.39 Å². The summed E-state index contributed by atoms with van der Waals surface area (Å²) in [4.78, 5) is 31.1. The highest BCUT2D eigenvalue weighted by atomic mass is 35.5. The second-order valence-corrected chi connectivity index (χ2v) is 6.54. The van der Waals surface area contributed by atoms with Crippen LogP contribution in [0.1, 0.15) is 7.57 Å². The third-order valence-electron chi connectivity index (χ3n) is 2.83. The molecule has 0 aromatic carbocycles. The lowest BCUT2D eigenvalue weighted by atomic mass is 10.1. The Kier molecular flexibility index (Phi) is 4.71. The zero-order valence-electron chi connectivity index (χ0n) is 11.9. The van der Waals surface area contributed by atoms with E-state index in [0.717, 1.165) is 6.20 Å². The smallest absolute Gasteiger partial charge is 0.385 e. The SMILES string of the molecule is [2H][C@@]1(n2cc(Cl)c(=S)[nH]c2=O)O[C@](F)(COP(=O)(O)O)[C@@H](O)[C@H]1O. The van der Waals surface area contributed by atoms with Crippen LogP contribution < -0.4 is 5.69 Å². The summed E-state index contributed by atoms with van der Waals surface area (Å²) >= 11 is 10.4. The van der Waals surface area contributed by atoms with Crippen LogP contribution in [-0.4, -0.2) is 54.2 Å². The van der Waals surface area contributed by atoms with E-state index in [1.807, 2.05) is 4.98 Å². The van der Waals surface area contributed by atoms with Crippen molar-refractivity contribution in [3.8, 4) is 0 Å². The molecule has 2 heterocycles. The van der Waals surface area contributed by atoms with Crippen LogP contribution in [0.3, 0.4) is 0 Å². The number of ether oxygens (including phenoxy) is 1. The molecule has 1 fully saturated rings. The van der Waals surface area contributed by atoms with Crippen LogP contribution in [0.15, 0.2) is 11.0 Å². The Balaban J connectivity index is 2.45. The summed E-state index contributed by atoms with van der Waals surface area (Å²) in [7, 11) is -5.13. The maximum absolute atomic E-state index is 14.6. The molecule has 1 saturated heterocycles. The zero-order chi connectivity index (χ0) is 18.5. The average Bonchev–Trinajstić information content (AvgIpc) is 2.62. The molecule has 130 valence electrons. The van der Waals surface area contributed by atoms with Gasteiger partial charge in [0, 0.05) is 6.20 Å². The molecule has 0 aliphatic carbocycles. The van der Waals surface area contributed by atoms with Crippen molar-refractivity contribution in [3.63, 3.8) is 0 Å². The van der Waals surface area contributed by atoms with Crippen molar-refractivity contribution < 1.29 is 39.6 Å². The van der Waals surface area contributed by atoms with Gasteiger partial charge in [-0.2, -0.15) is 0 Å². The standard InChI is InChI=1S/C9H11ClFN2O8PS/c10-3-1-13(8(16)12-6(3)23)7-4(14)5(15)9(11,21-7)2-20-22(17,18)19/h1,4-5,7,14-15H,2H2,(H,12,16,23)(H2,17,18,19)/t4-,5+,7-,9-/m1/s1/i7D. The highest BCUT2D eigenvalue weighted by Gasteiger charge is 2.57. The molecular formula is C9H11ClFN2O8PS. The van der Waals surface area contributed by atoms with E-state index in [1.54, 1.807) is 0 Å². The Morgan fingerprint density at radius 3 is 2.83 bits per heavy atom. The summed E-state index contributed by atoms with van der Waals surface area (Å²) in [6.45, 7) is -1.51. The van der Waals surface area contributed by atoms with Crippen LogP contribution in [-0.2, 0) is 13.8 Å². The molecule has 1 aromatic rings. The number of H-pyrrole nitrogens is 1. The summed E-state index contributed by atoms with van der Waals surface area (Å²) < 4.78 is 41.9. The molecule has 4 atom stereocenters. The average molecular weight is 394 g/mol. The van der Waals surface area contributed by atoms with Gasteiger partial charge in [0.15, 0.2) is 6.20 Å². The molecule has 0 bridgehead atoms. The van der Waals surface area contributed by atoms with Crippen molar-refractivity contribution >= 4 is 31.6 Å². The first-order chi connectivity index (χ1) is 10.8. The van der Waals surface area contributed by atoms with Gasteiger partial charge in [0.2, 0.25) is 0 Å². The van der Waals surface area contributed by atoms with Gasteiger partial charge in [0.1, 0.15) is 23.5 Å². The van der Waals surface area contributed by atoms with Gasteiger partial charge in [-0.25, -0.2) is 13.8 Å². The molecule has 1 aliphatic rings. The number of halogens is 2. The van der Waals surface area contributed by atoms with Crippen molar-refractivity contribution in [2.45, 2.75) is 24.3 Å². The highest BCUT2D eigenvalue weighted by molar-refractivity contribution is 7.71. The Morgan fingerprint density at radius 2 is 2.26 bits per heavy atom. The van der Waals surface area contributed by atoms with Gasteiger partial charge in [-0.3, -0.25) is 14.1 Å². The maximum Gasteiger partial charge on any atom is 0.469 e. The minimum absolute atomic E-state index is 0.189. The quantitative estimate of drug-likeness (QED) is 0.339. The van der Waals surface area contributed by atoms with Crippen molar-refractivity contribution in [3.05, 3.63) is 26.3 Å². The molecule has 0 spiro atoms. The molecule has 10 nitrogen and oxygen atoms in total. The summed E-state index contributed by atoms with van der Waals surface area (Å²) in [6.07, 6.45) is -6.93. The zero-order valence-corrected chi connectivity index (χ0v) is 13.4. The third-order valence-corrected chi connectivity index (χ3v) is 4.02. The Labute approximate surface area is 138 Å². The molecular weight excluding hydrogens is 382 g/mol. The molecule has 5 N–H and O–H groups in total. The first-order valence-electron chi connectivity index (χ1n) is 6.27. The lowest BCUT2D eigenvalue weighted by molar-refractivity contribution is -0.205. The van der Waals surface area contributed by atoms with Gasteiger partial charge in [-0.15, -0.1) is 0 Å². The fourth-order valence-corrected chi connectivity index (χ4v) is 2.38. The van der Waals surface area contributed by atoms with Crippen molar-refractivity contribution in [2.75, 3.05) is 6.61 Å². The van der Waals surface area contributed by atoms with Gasteiger partial charge in [0.25, 0.3) is 5.85 Å². The molecule has 2 rings (SSSR count). The Morgan fingerprint density at radius 1 is 1.65 bits per heavy atom. The van der Waals surface area contributed by atoms with E-state index in [-0.39, 0.29) is 9.66 Å². The second kappa shape index (κ2) is 6.31. The lowest BCUT2D eigenvalue weighted by Gasteiger charge is -2.22. The predicted octanol–water partition coefficient (Wildman–Crippen LogP) is -0.415.